The molecule has 0 aromatic heterocycles. The van der Waals surface area contributed by atoms with Crippen molar-refractivity contribution in [3.63, 3.8) is 0 Å². The number of likely N-dealkylation sites (tertiary alicyclic amines) is 1. The molecule has 0 spiro atoms. The maximum atomic E-state index is 8.90. The van der Waals surface area contributed by atoms with Crippen LogP contribution in [-0.4, -0.2) is 43.1 Å². The van der Waals surface area contributed by atoms with Crippen molar-refractivity contribution in [1.29, 1.82) is 0 Å². The molecule has 2 rings (SSSR count). The van der Waals surface area contributed by atoms with Gasteiger partial charge >= 0.3 is 0 Å². The van der Waals surface area contributed by atoms with Gasteiger partial charge in [-0.15, -0.1) is 0 Å². The number of hydrogen-bond acceptors (Lipinski definition) is 5. The first kappa shape index (κ1) is 14.7. The quantitative estimate of drug-likeness (QED) is 0.678. The van der Waals surface area contributed by atoms with E-state index in [9.17, 15) is 0 Å². The zero-order valence-electron chi connectivity index (χ0n) is 12.3. The van der Waals surface area contributed by atoms with E-state index in [-0.39, 0.29) is 0 Å². The predicted octanol–water partition coefficient (Wildman–Crippen LogP) is 2.38. The van der Waals surface area contributed by atoms with Crippen molar-refractivity contribution in [3.05, 3.63) is 23.8 Å². The Morgan fingerprint density at radius 1 is 1.30 bits per heavy atom. The van der Waals surface area contributed by atoms with E-state index >= 15 is 0 Å². The molecule has 1 aromatic carbocycles. The van der Waals surface area contributed by atoms with Crippen molar-refractivity contribution >= 4 is 5.71 Å². The summed E-state index contributed by atoms with van der Waals surface area (Å²) in [4.78, 5) is 2.36. The zero-order chi connectivity index (χ0) is 14.5. The van der Waals surface area contributed by atoms with Crippen LogP contribution in [0.4, 0.5) is 0 Å². The van der Waals surface area contributed by atoms with E-state index in [1.807, 2.05) is 12.1 Å². The van der Waals surface area contributed by atoms with Gasteiger partial charge in [-0.2, -0.15) is 0 Å². The van der Waals surface area contributed by atoms with Crippen LogP contribution in [0.15, 0.2) is 23.4 Å². The Kier molecular flexibility index (Phi) is 4.84. The lowest BCUT2D eigenvalue weighted by atomic mass is 9.97. The first-order valence-electron chi connectivity index (χ1n) is 6.82. The minimum Gasteiger partial charge on any atom is -0.493 e. The summed E-state index contributed by atoms with van der Waals surface area (Å²) in [5, 5.41) is 12.3. The average Bonchev–Trinajstić information content (AvgIpc) is 2.47. The molecule has 1 aliphatic heterocycles. The van der Waals surface area contributed by atoms with E-state index < -0.39 is 0 Å². The van der Waals surface area contributed by atoms with E-state index in [1.54, 1.807) is 14.2 Å². The average molecular weight is 278 g/mol. The number of oxime groups is 1. The molecule has 0 aliphatic carbocycles. The van der Waals surface area contributed by atoms with Gasteiger partial charge in [-0.25, -0.2) is 0 Å². The molecule has 5 heteroatoms. The first-order chi connectivity index (χ1) is 9.67. The normalized spacial score (nSPS) is 21.9. The second kappa shape index (κ2) is 6.61. The second-order valence-corrected chi connectivity index (χ2v) is 5.17. The summed E-state index contributed by atoms with van der Waals surface area (Å²) in [6, 6.07) is 6.00. The fourth-order valence-electron chi connectivity index (χ4n) is 2.63. The van der Waals surface area contributed by atoms with Crippen LogP contribution in [0.25, 0.3) is 0 Å². The highest BCUT2D eigenvalue weighted by molar-refractivity contribution is 5.86. The van der Waals surface area contributed by atoms with Crippen molar-refractivity contribution in [1.82, 2.24) is 4.90 Å². The van der Waals surface area contributed by atoms with E-state index in [0.717, 1.165) is 43.3 Å². The predicted molar refractivity (Wildman–Crippen MR) is 77.8 cm³/mol. The fraction of sp³-hybridized carbons (Fsp3) is 0.533. The van der Waals surface area contributed by atoms with Crippen LogP contribution in [-0.2, 0) is 6.54 Å². The number of rotatable bonds is 4. The Balaban J connectivity index is 2.04. The van der Waals surface area contributed by atoms with Crippen LogP contribution < -0.4 is 9.47 Å². The molecule has 0 bridgehead atoms. The molecule has 110 valence electrons. The minimum absolute atomic E-state index is 0.300. The standard InChI is InChI=1S/C15H22N2O3/c1-11-9-17(7-6-13(11)16-18)10-12-4-5-14(19-2)15(8-12)20-3/h4-5,8,11,18H,6-7,9-10H2,1-3H3/b16-13-. The van der Waals surface area contributed by atoms with Gasteiger partial charge in [0.2, 0.25) is 0 Å². The maximum absolute atomic E-state index is 8.90. The van der Waals surface area contributed by atoms with Gasteiger partial charge in [-0.3, -0.25) is 4.90 Å². The molecule has 5 nitrogen and oxygen atoms in total. The van der Waals surface area contributed by atoms with Gasteiger partial charge in [0.25, 0.3) is 0 Å². The van der Waals surface area contributed by atoms with Crippen molar-refractivity contribution in [2.75, 3.05) is 27.3 Å². The summed E-state index contributed by atoms with van der Waals surface area (Å²) in [6.45, 7) is 4.78. The highest BCUT2D eigenvalue weighted by Gasteiger charge is 2.22. The molecule has 0 amide bonds. The molecule has 1 atom stereocenters. The van der Waals surface area contributed by atoms with Crippen LogP contribution in [0, 0.1) is 5.92 Å². The lowest BCUT2D eigenvalue weighted by Gasteiger charge is -2.31. The minimum atomic E-state index is 0.300. The number of hydrogen-bond donors (Lipinski definition) is 1. The summed E-state index contributed by atoms with van der Waals surface area (Å²) in [5.41, 5.74) is 2.09. The highest BCUT2D eigenvalue weighted by Crippen LogP contribution is 2.28. The van der Waals surface area contributed by atoms with Crippen LogP contribution >= 0.6 is 0 Å². The molecule has 1 aromatic rings. The largest absolute Gasteiger partial charge is 0.493 e. The van der Waals surface area contributed by atoms with Gasteiger partial charge in [0.15, 0.2) is 11.5 Å². The Labute approximate surface area is 119 Å². The molecule has 0 radical (unpaired) electrons. The van der Waals surface area contributed by atoms with Gasteiger partial charge in [0, 0.05) is 32.0 Å². The molecular weight excluding hydrogens is 256 g/mol. The number of nitrogens with zero attached hydrogens (tertiary/aromatic N) is 2. The summed E-state index contributed by atoms with van der Waals surface area (Å²) in [5.74, 6) is 1.81. The summed E-state index contributed by atoms with van der Waals surface area (Å²) in [7, 11) is 3.29. The molecule has 1 aliphatic rings. The van der Waals surface area contributed by atoms with E-state index in [2.05, 4.69) is 23.0 Å². The van der Waals surface area contributed by atoms with Crippen LogP contribution in [0.1, 0.15) is 18.9 Å². The van der Waals surface area contributed by atoms with Crippen LogP contribution in [0.3, 0.4) is 0 Å². The summed E-state index contributed by atoms with van der Waals surface area (Å²) in [6.07, 6.45) is 0.824. The fourth-order valence-corrected chi connectivity index (χ4v) is 2.63. The SMILES string of the molecule is COc1ccc(CN2CC/C(=N/O)C(C)C2)cc1OC. The van der Waals surface area contributed by atoms with Crippen molar-refractivity contribution < 1.29 is 14.7 Å². The third-order valence-corrected chi connectivity index (χ3v) is 3.77. The third-order valence-electron chi connectivity index (χ3n) is 3.77. The highest BCUT2D eigenvalue weighted by atomic mass is 16.5. The topological polar surface area (TPSA) is 54.3 Å². The Morgan fingerprint density at radius 3 is 2.65 bits per heavy atom. The smallest absolute Gasteiger partial charge is 0.161 e. The number of ether oxygens (including phenoxy) is 2. The monoisotopic (exact) mass is 278 g/mol. The third kappa shape index (κ3) is 3.22. The number of methoxy groups -OCH3 is 2. The van der Waals surface area contributed by atoms with E-state index in [1.165, 1.54) is 5.56 Å². The number of piperidine rings is 1. The molecular formula is C15H22N2O3. The van der Waals surface area contributed by atoms with E-state index in [0.29, 0.717) is 5.92 Å². The molecule has 1 unspecified atom stereocenters. The number of benzene rings is 1. The van der Waals surface area contributed by atoms with E-state index in [4.69, 9.17) is 14.7 Å². The van der Waals surface area contributed by atoms with Gasteiger partial charge in [0.05, 0.1) is 19.9 Å². The van der Waals surface area contributed by atoms with Crippen LogP contribution in [0.2, 0.25) is 0 Å². The molecule has 1 heterocycles. The van der Waals surface area contributed by atoms with Crippen molar-refractivity contribution in [2.45, 2.75) is 19.9 Å². The van der Waals surface area contributed by atoms with Gasteiger partial charge in [0.1, 0.15) is 0 Å². The lowest BCUT2D eigenvalue weighted by molar-refractivity contribution is 0.228. The Hall–Kier alpha value is -1.75. The Morgan fingerprint density at radius 2 is 2.05 bits per heavy atom. The lowest BCUT2D eigenvalue weighted by Crippen LogP contribution is -2.39. The maximum Gasteiger partial charge on any atom is 0.161 e. The van der Waals surface area contributed by atoms with Crippen molar-refractivity contribution in [3.8, 4) is 11.5 Å². The molecule has 1 N–H and O–H groups in total. The summed E-state index contributed by atoms with van der Waals surface area (Å²) >= 11 is 0. The van der Waals surface area contributed by atoms with Crippen molar-refractivity contribution in [2.24, 2.45) is 11.1 Å². The summed E-state index contributed by atoms with van der Waals surface area (Å²) < 4.78 is 10.6. The molecule has 1 fully saturated rings. The second-order valence-electron chi connectivity index (χ2n) is 5.17. The van der Waals surface area contributed by atoms with Gasteiger partial charge in [-0.1, -0.05) is 18.1 Å². The molecule has 20 heavy (non-hydrogen) atoms. The first-order valence-corrected chi connectivity index (χ1v) is 6.82. The van der Waals surface area contributed by atoms with Crippen LogP contribution in [0.5, 0.6) is 11.5 Å². The zero-order valence-corrected chi connectivity index (χ0v) is 12.3. The van der Waals surface area contributed by atoms with Gasteiger partial charge in [-0.05, 0) is 17.7 Å². The molecule has 1 saturated heterocycles. The van der Waals surface area contributed by atoms with Gasteiger partial charge < -0.3 is 14.7 Å². The molecule has 0 saturated carbocycles. The Bertz CT molecular complexity index is 488.